The maximum Gasteiger partial charge on any atom is 0.231 e. The van der Waals surface area contributed by atoms with Crippen molar-refractivity contribution < 1.29 is 31.0 Å². The summed E-state index contributed by atoms with van der Waals surface area (Å²) in [5, 5.41) is 12.0. The average molecular weight is 682 g/mol. The molecule has 0 amide bonds. The number of rotatable bonds is 13. The van der Waals surface area contributed by atoms with Gasteiger partial charge in [0.25, 0.3) is 0 Å². The molecule has 14 nitrogen and oxygen atoms in total. The Bertz CT molecular complexity index is 1890. The van der Waals surface area contributed by atoms with Gasteiger partial charge in [-0.2, -0.15) is 20.2 Å². The van der Waals surface area contributed by atoms with Crippen LogP contribution < -0.4 is 30.4 Å². The highest BCUT2D eigenvalue weighted by molar-refractivity contribution is 7.91. The van der Waals surface area contributed by atoms with E-state index in [1.165, 1.54) is 45.6 Å². The van der Waals surface area contributed by atoms with Crippen LogP contribution in [0.25, 0.3) is 0 Å². The van der Waals surface area contributed by atoms with E-state index < -0.39 is 19.7 Å². The number of ether oxygens (including phenoxy) is 3. The van der Waals surface area contributed by atoms with E-state index in [1.807, 2.05) is 0 Å². The Hall–Kier alpha value is -5.22. The van der Waals surface area contributed by atoms with Crippen molar-refractivity contribution in [2.24, 2.45) is 10.2 Å². The lowest BCUT2D eigenvalue weighted by atomic mass is 10.1. The molecule has 4 aromatic rings. The van der Waals surface area contributed by atoms with E-state index in [2.05, 4.69) is 36.3 Å². The number of hydrogen-bond acceptors (Lipinski definition) is 14. The van der Waals surface area contributed by atoms with Crippen LogP contribution in [-0.4, -0.2) is 72.1 Å². The van der Waals surface area contributed by atoms with Gasteiger partial charge < -0.3 is 19.5 Å². The van der Waals surface area contributed by atoms with E-state index >= 15 is 0 Å². The fourth-order valence-corrected chi connectivity index (χ4v) is 5.46. The Morgan fingerprint density at radius 3 is 1.38 bits per heavy atom. The molecule has 3 aromatic carbocycles. The van der Waals surface area contributed by atoms with E-state index in [0.717, 1.165) is 12.5 Å². The molecule has 47 heavy (non-hydrogen) atoms. The second-order valence-electron chi connectivity index (χ2n) is 10.2. The highest BCUT2D eigenvalue weighted by atomic mass is 32.2. The molecule has 248 valence electrons. The third kappa shape index (κ3) is 8.95. The topological polar surface area (TPSA) is 183 Å². The smallest absolute Gasteiger partial charge is 0.231 e. The van der Waals surface area contributed by atoms with Gasteiger partial charge in [0, 0.05) is 36.4 Å². The lowest BCUT2D eigenvalue weighted by molar-refractivity contribution is 0.324. The van der Waals surface area contributed by atoms with Crippen LogP contribution in [0.3, 0.4) is 0 Å². The maximum atomic E-state index is 11.8. The summed E-state index contributed by atoms with van der Waals surface area (Å²) < 4.78 is 63.6. The van der Waals surface area contributed by atoms with Crippen molar-refractivity contribution in [3.8, 4) is 17.2 Å². The van der Waals surface area contributed by atoms with Crippen molar-refractivity contribution in [2.75, 3.05) is 50.0 Å². The third-order valence-corrected chi connectivity index (χ3v) is 8.98. The van der Waals surface area contributed by atoms with Crippen molar-refractivity contribution in [3.63, 3.8) is 0 Å². The number of nitrogens with zero attached hydrogens (tertiary/aromatic N) is 4. The van der Waals surface area contributed by atoms with E-state index in [9.17, 15) is 16.8 Å². The molecule has 0 aliphatic heterocycles. The minimum absolute atomic E-state index is 0.169. The SMILES string of the molecule is COc1cc(Nc2nc(NN=C(C)c3ccc(S(C)(=O)=O)cc3)cc(NN=C(C)c3ccc(S(C)(=O)=O)cc3)n2)cc(OC)c1OC. The Labute approximate surface area is 273 Å². The second kappa shape index (κ2) is 14.5. The molecule has 0 atom stereocenters. The van der Waals surface area contributed by atoms with Crippen molar-refractivity contribution in [1.82, 2.24) is 9.97 Å². The zero-order valence-corrected chi connectivity index (χ0v) is 28.4. The van der Waals surface area contributed by atoms with Crippen molar-refractivity contribution >= 4 is 54.4 Å². The fraction of sp³-hybridized carbons (Fsp3) is 0.226. The summed E-state index contributed by atoms with van der Waals surface area (Å²) >= 11 is 0. The van der Waals surface area contributed by atoms with Gasteiger partial charge in [0.05, 0.1) is 42.5 Å². The van der Waals surface area contributed by atoms with Gasteiger partial charge in [0.2, 0.25) is 11.7 Å². The third-order valence-electron chi connectivity index (χ3n) is 6.72. The van der Waals surface area contributed by atoms with Gasteiger partial charge in [-0.3, -0.25) is 10.9 Å². The molecule has 0 saturated heterocycles. The van der Waals surface area contributed by atoms with E-state index in [1.54, 1.807) is 56.3 Å². The van der Waals surface area contributed by atoms with Crippen molar-refractivity contribution in [3.05, 3.63) is 77.9 Å². The van der Waals surface area contributed by atoms with Gasteiger partial charge in [-0.1, -0.05) is 24.3 Å². The highest BCUT2D eigenvalue weighted by Gasteiger charge is 2.15. The first kappa shape index (κ1) is 34.6. The average Bonchev–Trinajstić information content (AvgIpc) is 3.04. The van der Waals surface area contributed by atoms with E-state index in [4.69, 9.17) is 14.2 Å². The second-order valence-corrected chi connectivity index (χ2v) is 14.2. The lowest BCUT2D eigenvalue weighted by Crippen LogP contribution is -2.07. The van der Waals surface area contributed by atoms with Crippen molar-refractivity contribution in [2.45, 2.75) is 23.6 Å². The van der Waals surface area contributed by atoms with Crippen LogP contribution in [0.2, 0.25) is 0 Å². The molecule has 0 spiro atoms. The van der Waals surface area contributed by atoms with Gasteiger partial charge in [-0.25, -0.2) is 16.8 Å². The van der Waals surface area contributed by atoms with Crippen molar-refractivity contribution in [1.29, 1.82) is 0 Å². The molecule has 0 unspecified atom stereocenters. The molecular formula is C31H35N7O7S2. The molecule has 0 radical (unpaired) electrons. The summed E-state index contributed by atoms with van der Waals surface area (Å²) in [6, 6.07) is 17.7. The normalized spacial score (nSPS) is 12.3. The molecule has 0 fully saturated rings. The largest absolute Gasteiger partial charge is 0.493 e. The Morgan fingerprint density at radius 2 is 1.04 bits per heavy atom. The number of benzene rings is 3. The first-order valence-corrected chi connectivity index (χ1v) is 17.7. The molecule has 1 heterocycles. The standard InChI is InChI=1S/C31H35N7O7S2/c1-19(21-8-12-24(13-9-21)46(6,39)40)35-37-28-18-29(38-36-20(2)22-10-14-25(15-11-22)47(7,41)42)34-31(33-28)32-23-16-26(43-3)30(45-5)27(17-23)44-4/h8-18H,1-7H3,(H3,32,33,34,37,38). The molecule has 0 aliphatic rings. The summed E-state index contributed by atoms with van der Waals surface area (Å²) in [6.07, 6.45) is 2.30. The van der Waals surface area contributed by atoms with Gasteiger partial charge in [-0.05, 0) is 49.2 Å². The minimum Gasteiger partial charge on any atom is -0.493 e. The van der Waals surface area contributed by atoms with Crippen LogP contribution in [0.15, 0.2) is 86.7 Å². The predicted molar refractivity (Wildman–Crippen MR) is 182 cm³/mol. The number of sulfone groups is 2. The number of nitrogens with one attached hydrogen (secondary N) is 3. The van der Waals surface area contributed by atoms with Crippen LogP contribution in [0.4, 0.5) is 23.3 Å². The summed E-state index contributed by atoms with van der Waals surface area (Å²) in [6.45, 7) is 3.53. The molecule has 3 N–H and O–H groups in total. The Balaban J connectivity index is 1.67. The van der Waals surface area contributed by atoms with Crippen LogP contribution in [-0.2, 0) is 19.7 Å². The number of hydrazone groups is 2. The van der Waals surface area contributed by atoms with Gasteiger partial charge in [-0.15, -0.1) is 0 Å². The quantitative estimate of drug-likeness (QED) is 0.131. The van der Waals surface area contributed by atoms with Crippen LogP contribution in [0, 0.1) is 0 Å². The monoisotopic (exact) mass is 681 g/mol. The van der Waals surface area contributed by atoms with E-state index in [-0.39, 0.29) is 15.7 Å². The van der Waals surface area contributed by atoms with Gasteiger partial charge in [0.1, 0.15) is 0 Å². The molecule has 4 rings (SSSR count). The summed E-state index contributed by atoms with van der Waals surface area (Å²) in [7, 11) is -2.14. The molecule has 0 aliphatic carbocycles. The van der Waals surface area contributed by atoms with Gasteiger partial charge >= 0.3 is 0 Å². The van der Waals surface area contributed by atoms with Crippen LogP contribution in [0.5, 0.6) is 17.2 Å². The number of methoxy groups -OCH3 is 3. The van der Waals surface area contributed by atoms with Crippen LogP contribution >= 0.6 is 0 Å². The fourth-order valence-electron chi connectivity index (χ4n) is 4.20. The zero-order valence-electron chi connectivity index (χ0n) is 26.8. The number of hydrogen-bond donors (Lipinski definition) is 3. The lowest BCUT2D eigenvalue weighted by Gasteiger charge is -2.15. The molecule has 0 bridgehead atoms. The Morgan fingerprint density at radius 1 is 0.638 bits per heavy atom. The number of anilines is 4. The summed E-state index contributed by atoms with van der Waals surface area (Å²) in [5.74, 6) is 2.03. The molecule has 16 heteroatoms. The Kier molecular flexibility index (Phi) is 10.7. The molecule has 1 aromatic heterocycles. The molecule has 0 saturated carbocycles. The molecular weight excluding hydrogens is 647 g/mol. The first-order valence-electron chi connectivity index (χ1n) is 13.9. The summed E-state index contributed by atoms with van der Waals surface area (Å²) in [4.78, 5) is 9.48. The van der Waals surface area contributed by atoms with Crippen LogP contribution in [0.1, 0.15) is 25.0 Å². The van der Waals surface area contributed by atoms with E-state index in [0.29, 0.717) is 57.1 Å². The number of aromatic nitrogens is 2. The summed E-state index contributed by atoms with van der Waals surface area (Å²) in [5.41, 5.74) is 8.94. The maximum absolute atomic E-state index is 11.8. The zero-order chi connectivity index (χ0) is 34.4. The predicted octanol–water partition coefficient (Wildman–Crippen LogP) is 4.73. The first-order chi connectivity index (χ1) is 22.2. The highest BCUT2D eigenvalue weighted by Crippen LogP contribution is 2.40. The minimum atomic E-state index is -3.33. The van der Waals surface area contributed by atoms with Gasteiger partial charge in [0.15, 0.2) is 42.8 Å².